The summed E-state index contributed by atoms with van der Waals surface area (Å²) in [4.78, 5) is 14.1. The van der Waals surface area contributed by atoms with Gasteiger partial charge in [-0.05, 0) is 47.0 Å². The van der Waals surface area contributed by atoms with Gasteiger partial charge in [0, 0.05) is 30.9 Å². The van der Waals surface area contributed by atoms with Crippen LogP contribution < -0.4 is 14.2 Å². The van der Waals surface area contributed by atoms with Gasteiger partial charge in [-0.2, -0.15) is 0 Å². The summed E-state index contributed by atoms with van der Waals surface area (Å²) >= 11 is 0. The summed E-state index contributed by atoms with van der Waals surface area (Å²) in [6.07, 6.45) is 1.55. The first kappa shape index (κ1) is 21.0. The highest BCUT2D eigenvalue weighted by Crippen LogP contribution is 2.40. The minimum atomic E-state index is -0.181. The van der Waals surface area contributed by atoms with Crippen LogP contribution in [0.2, 0.25) is 0 Å². The molecule has 0 bridgehead atoms. The summed E-state index contributed by atoms with van der Waals surface area (Å²) in [5, 5.41) is 12.0. The van der Waals surface area contributed by atoms with Crippen LogP contribution in [-0.4, -0.2) is 51.3 Å². The summed E-state index contributed by atoms with van der Waals surface area (Å²) in [6, 6.07) is 14.4. The largest absolute Gasteiger partial charge is 0.507 e. The van der Waals surface area contributed by atoms with Gasteiger partial charge in [-0.1, -0.05) is 18.2 Å². The number of carbonyl (C=O) groups is 1. The fraction of sp³-hybridized carbons (Fsp3) is 0.208. The number of benzene rings is 3. The molecule has 0 unspecified atom stereocenters. The zero-order valence-electron chi connectivity index (χ0n) is 17.7. The first-order valence-electron chi connectivity index (χ1n) is 9.35. The number of methoxy groups -OCH3 is 3. The molecule has 1 N–H and O–H groups in total. The third kappa shape index (κ3) is 3.89. The first-order chi connectivity index (χ1) is 14.4. The van der Waals surface area contributed by atoms with Crippen molar-refractivity contribution in [3.8, 4) is 23.0 Å². The van der Waals surface area contributed by atoms with Crippen LogP contribution in [0.1, 0.15) is 11.1 Å². The van der Waals surface area contributed by atoms with Crippen molar-refractivity contribution >= 4 is 22.3 Å². The Bertz CT molecular complexity index is 1120. The molecule has 0 aliphatic heterocycles. The SMILES string of the molecule is COc1ccc(/C(=C\C(=O)N(C)C)c2ccc(OC)c3cccc(O)c23)cc1OC. The molecular formula is C24H25NO5. The molecule has 0 aliphatic carbocycles. The molecule has 0 fully saturated rings. The van der Waals surface area contributed by atoms with Gasteiger partial charge >= 0.3 is 0 Å². The van der Waals surface area contributed by atoms with Gasteiger partial charge in [0.15, 0.2) is 11.5 Å². The third-order valence-corrected chi connectivity index (χ3v) is 4.89. The molecule has 6 nitrogen and oxygen atoms in total. The van der Waals surface area contributed by atoms with Crippen molar-refractivity contribution in [2.75, 3.05) is 35.4 Å². The zero-order valence-corrected chi connectivity index (χ0v) is 17.7. The molecule has 0 saturated carbocycles. The number of phenols is 1. The maximum absolute atomic E-state index is 12.6. The predicted molar refractivity (Wildman–Crippen MR) is 117 cm³/mol. The normalized spacial score (nSPS) is 11.3. The molecule has 0 spiro atoms. The lowest BCUT2D eigenvalue weighted by atomic mass is 9.91. The molecule has 0 radical (unpaired) electrons. The molecule has 1 amide bonds. The average molecular weight is 407 g/mol. The van der Waals surface area contributed by atoms with Gasteiger partial charge in [-0.15, -0.1) is 0 Å². The number of fused-ring (bicyclic) bond motifs is 1. The zero-order chi connectivity index (χ0) is 21.8. The highest BCUT2D eigenvalue weighted by atomic mass is 16.5. The quantitative estimate of drug-likeness (QED) is 0.624. The van der Waals surface area contributed by atoms with E-state index in [0.717, 1.165) is 10.9 Å². The smallest absolute Gasteiger partial charge is 0.246 e. The lowest BCUT2D eigenvalue weighted by molar-refractivity contribution is -0.123. The van der Waals surface area contributed by atoms with Gasteiger partial charge in [0.1, 0.15) is 11.5 Å². The van der Waals surface area contributed by atoms with E-state index in [4.69, 9.17) is 14.2 Å². The van der Waals surface area contributed by atoms with E-state index in [0.29, 0.717) is 33.8 Å². The monoisotopic (exact) mass is 407 g/mol. The second-order valence-corrected chi connectivity index (χ2v) is 6.88. The molecule has 0 aromatic heterocycles. The van der Waals surface area contributed by atoms with Crippen LogP contribution in [-0.2, 0) is 4.79 Å². The Morgan fingerprint density at radius 1 is 0.900 bits per heavy atom. The van der Waals surface area contributed by atoms with Crippen LogP contribution in [0.5, 0.6) is 23.0 Å². The minimum Gasteiger partial charge on any atom is -0.507 e. The van der Waals surface area contributed by atoms with Gasteiger partial charge in [0.05, 0.1) is 21.3 Å². The second kappa shape index (κ2) is 8.78. The molecule has 3 rings (SSSR count). The number of likely N-dealkylation sites (N-methyl/N-ethyl adjacent to an activating group) is 1. The summed E-state index contributed by atoms with van der Waals surface area (Å²) in [5.41, 5.74) is 2.09. The molecule has 156 valence electrons. The maximum atomic E-state index is 12.6. The minimum absolute atomic E-state index is 0.102. The van der Waals surface area contributed by atoms with Crippen molar-refractivity contribution in [1.82, 2.24) is 4.90 Å². The predicted octanol–water partition coefficient (Wildman–Crippen LogP) is 4.09. The second-order valence-electron chi connectivity index (χ2n) is 6.88. The first-order valence-corrected chi connectivity index (χ1v) is 9.35. The van der Waals surface area contributed by atoms with Crippen LogP contribution in [0.4, 0.5) is 0 Å². The van der Waals surface area contributed by atoms with Gasteiger partial charge < -0.3 is 24.2 Å². The van der Waals surface area contributed by atoms with Gasteiger partial charge in [-0.25, -0.2) is 0 Å². The van der Waals surface area contributed by atoms with Crippen molar-refractivity contribution in [2.24, 2.45) is 0 Å². The standard InChI is InChI=1S/C24H25NO5/c1-25(2)23(27)14-18(15-9-11-21(29-4)22(13-15)30-5)16-10-12-20(28-3)17-7-6-8-19(26)24(16)17/h6-14,26H,1-5H3/b18-14+. The van der Waals surface area contributed by atoms with E-state index in [2.05, 4.69) is 0 Å². The summed E-state index contributed by atoms with van der Waals surface area (Å²) in [7, 11) is 8.09. The van der Waals surface area contributed by atoms with E-state index in [1.165, 1.54) is 4.90 Å². The summed E-state index contributed by atoms with van der Waals surface area (Å²) < 4.78 is 16.3. The molecule has 30 heavy (non-hydrogen) atoms. The maximum Gasteiger partial charge on any atom is 0.246 e. The van der Waals surface area contributed by atoms with E-state index in [1.54, 1.807) is 59.7 Å². The van der Waals surface area contributed by atoms with Crippen LogP contribution in [0.25, 0.3) is 16.3 Å². The number of hydrogen-bond acceptors (Lipinski definition) is 5. The molecule has 0 atom stereocenters. The Morgan fingerprint density at radius 3 is 2.20 bits per heavy atom. The van der Waals surface area contributed by atoms with Crippen LogP contribution in [0, 0.1) is 0 Å². The average Bonchev–Trinajstić information content (AvgIpc) is 2.76. The van der Waals surface area contributed by atoms with Crippen molar-refractivity contribution in [1.29, 1.82) is 0 Å². The lowest BCUT2D eigenvalue weighted by Crippen LogP contribution is -2.19. The van der Waals surface area contributed by atoms with Crippen molar-refractivity contribution < 1.29 is 24.1 Å². The van der Waals surface area contributed by atoms with Gasteiger partial charge in [0.2, 0.25) is 5.91 Å². The van der Waals surface area contributed by atoms with Crippen molar-refractivity contribution in [2.45, 2.75) is 0 Å². The molecule has 3 aromatic rings. The lowest BCUT2D eigenvalue weighted by Gasteiger charge is -2.17. The number of phenolic OH excluding ortho intramolecular Hbond substituents is 1. The molecule has 0 aliphatic rings. The van der Waals surface area contributed by atoms with Crippen LogP contribution in [0.3, 0.4) is 0 Å². The summed E-state index contributed by atoms with van der Waals surface area (Å²) in [5.74, 6) is 1.68. The van der Waals surface area contributed by atoms with Crippen LogP contribution >= 0.6 is 0 Å². The molecule has 0 heterocycles. The topological polar surface area (TPSA) is 68.2 Å². The van der Waals surface area contributed by atoms with Crippen molar-refractivity contribution in [3.63, 3.8) is 0 Å². The fourth-order valence-electron chi connectivity index (χ4n) is 3.34. The Morgan fingerprint density at radius 2 is 1.57 bits per heavy atom. The van der Waals surface area contributed by atoms with E-state index in [1.807, 2.05) is 30.3 Å². The number of hydrogen-bond donors (Lipinski definition) is 1. The Balaban J connectivity index is 2.35. The summed E-state index contributed by atoms with van der Waals surface area (Å²) in [6.45, 7) is 0. The number of carbonyl (C=O) groups excluding carboxylic acids is 1. The highest BCUT2D eigenvalue weighted by molar-refractivity contribution is 6.08. The van der Waals surface area contributed by atoms with Gasteiger partial charge in [0.25, 0.3) is 0 Å². The number of rotatable bonds is 6. The number of nitrogens with zero attached hydrogens (tertiary/aromatic N) is 1. The Hall–Kier alpha value is -3.67. The molecule has 0 saturated heterocycles. The van der Waals surface area contributed by atoms with Gasteiger partial charge in [-0.3, -0.25) is 4.79 Å². The van der Waals surface area contributed by atoms with Crippen LogP contribution in [0.15, 0.2) is 54.6 Å². The third-order valence-electron chi connectivity index (χ3n) is 4.89. The van der Waals surface area contributed by atoms with E-state index >= 15 is 0 Å². The van der Waals surface area contributed by atoms with E-state index in [9.17, 15) is 9.90 Å². The fourth-order valence-corrected chi connectivity index (χ4v) is 3.34. The highest BCUT2D eigenvalue weighted by Gasteiger charge is 2.18. The molecule has 6 heteroatoms. The number of amides is 1. The molecule has 3 aromatic carbocycles. The van der Waals surface area contributed by atoms with E-state index in [-0.39, 0.29) is 11.7 Å². The number of aromatic hydroxyl groups is 1. The van der Waals surface area contributed by atoms with Crippen molar-refractivity contribution in [3.05, 3.63) is 65.7 Å². The Kier molecular flexibility index (Phi) is 6.16. The number of ether oxygens (including phenoxy) is 3. The Labute approximate surface area is 175 Å². The molecular weight excluding hydrogens is 382 g/mol. The van der Waals surface area contributed by atoms with E-state index < -0.39 is 0 Å².